The lowest BCUT2D eigenvalue weighted by Gasteiger charge is -2.12. The maximum absolute atomic E-state index is 12.7. The van der Waals surface area contributed by atoms with Gasteiger partial charge in [-0.15, -0.1) is 11.3 Å². The Hall–Kier alpha value is -3.16. The number of benzene rings is 2. The highest BCUT2D eigenvalue weighted by molar-refractivity contribution is 7.15. The number of carbonyl (C=O) groups excluding carboxylic acids is 1. The Morgan fingerprint density at radius 1 is 1.18 bits per heavy atom. The zero-order valence-electron chi connectivity index (χ0n) is 14.5. The molecule has 0 radical (unpaired) electrons. The zero-order chi connectivity index (χ0) is 19.5. The summed E-state index contributed by atoms with van der Waals surface area (Å²) in [5.74, 6) is 0.0106. The van der Waals surface area contributed by atoms with E-state index in [1.165, 1.54) is 21.8 Å². The first-order chi connectivity index (χ1) is 13.6. The van der Waals surface area contributed by atoms with Crippen LogP contribution in [0.3, 0.4) is 0 Å². The second kappa shape index (κ2) is 7.84. The summed E-state index contributed by atoms with van der Waals surface area (Å²) in [6.07, 6.45) is 1.67. The van der Waals surface area contributed by atoms with E-state index in [0.717, 1.165) is 0 Å². The number of halogens is 1. The molecule has 0 aliphatic carbocycles. The van der Waals surface area contributed by atoms with Crippen molar-refractivity contribution in [1.29, 1.82) is 0 Å². The summed E-state index contributed by atoms with van der Waals surface area (Å²) in [7, 11) is 0. The minimum absolute atomic E-state index is 0.0525. The number of nitrogens with zero attached hydrogens (tertiary/aromatic N) is 2. The summed E-state index contributed by atoms with van der Waals surface area (Å²) in [6.45, 7) is 0.0525. The molecule has 6 nitrogen and oxygen atoms in total. The quantitative estimate of drug-likeness (QED) is 0.533. The van der Waals surface area contributed by atoms with E-state index in [0.29, 0.717) is 32.7 Å². The molecule has 0 aliphatic heterocycles. The van der Waals surface area contributed by atoms with Crippen LogP contribution >= 0.6 is 22.9 Å². The molecule has 0 saturated heterocycles. The third kappa shape index (κ3) is 3.90. The zero-order valence-corrected chi connectivity index (χ0v) is 16.0. The molecule has 28 heavy (non-hydrogen) atoms. The van der Waals surface area contributed by atoms with Gasteiger partial charge in [0.25, 0.3) is 11.5 Å². The molecule has 140 valence electrons. The molecule has 4 aromatic rings. The molecule has 2 aromatic carbocycles. The summed E-state index contributed by atoms with van der Waals surface area (Å²) in [5.41, 5.74) is 1.27. The van der Waals surface area contributed by atoms with Gasteiger partial charge in [0, 0.05) is 28.4 Å². The average molecular weight is 412 g/mol. The highest BCUT2D eigenvalue weighted by atomic mass is 35.5. The Bertz CT molecular complexity index is 1200. The minimum Gasteiger partial charge on any atom is -0.486 e. The van der Waals surface area contributed by atoms with Crippen LogP contribution in [0, 0.1) is 0 Å². The second-order valence-electron chi connectivity index (χ2n) is 5.89. The van der Waals surface area contributed by atoms with Crippen molar-refractivity contribution < 1.29 is 9.53 Å². The molecule has 1 amide bonds. The molecule has 0 spiro atoms. The highest BCUT2D eigenvalue weighted by Crippen LogP contribution is 2.25. The lowest BCUT2D eigenvalue weighted by molar-refractivity contribution is 0.102. The number of hydrogen-bond acceptors (Lipinski definition) is 5. The Labute approximate surface area is 169 Å². The summed E-state index contributed by atoms with van der Waals surface area (Å²) in [6, 6.07) is 15.3. The fraction of sp³-hybridized carbons (Fsp3) is 0.0500. The van der Waals surface area contributed by atoms with Crippen LogP contribution in [0.2, 0.25) is 5.02 Å². The Morgan fingerprint density at radius 2 is 2.00 bits per heavy atom. The molecular weight excluding hydrogens is 398 g/mol. The Balaban J connectivity index is 1.57. The highest BCUT2D eigenvalue weighted by Gasteiger charge is 2.15. The van der Waals surface area contributed by atoms with Gasteiger partial charge >= 0.3 is 0 Å². The largest absolute Gasteiger partial charge is 0.486 e. The van der Waals surface area contributed by atoms with E-state index < -0.39 is 0 Å². The van der Waals surface area contributed by atoms with Crippen molar-refractivity contribution in [1.82, 2.24) is 9.38 Å². The van der Waals surface area contributed by atoms with Crippen LogP contribution < -0.4 is 15.6 Å². The van der Waals surface area contributed by atoms with E-state index in [2.05, 4.69) is 10.3 Å². The number of carbonyl (C=O) groups is 1. The van der Waals surface area contributed by atoms with Crippen molar-refractivity contribution in [3.63, 3.8) is 0 Å². The number of anilines is 1. The first-order valence-electron chi connectivity index (χ1n) is 8.35. The van der Waals surface area contributed by atoms with Gasteiger partial charge in [0.15, 0.2) is 4.96 Å². The molecule has 0 aliphatic rings. The molecule has 1 N–H and O–H groups in total. The van der Waals surface area contributed by atoms with E-state index in [1.807, 2.05) is 18.2 Å². The summed E-state index contributed by atoms with van der Waals surface area (Å²) in [4.78, 5) is 29.8. The fourth-order valence-corrected chi connectivity index (χ4v) is 3.55. The van der Waals surface area contributed by atoms with E-state index in [-0.39, 0.29) is 18.1 Å². The summed E-state index contributed by atoms with van der Waals surface area (Å²) < 4.78 is 7.26. The van der Waals surface area contributed by atoms with Crippen LogP contribution in [-0.2, 0) is 6.61 Å². The van der Waals surface area contributed by atoms with E-state index in [9.17, 15) is 9.59 Å². The van der Waals surface area contributed by atoms with Crippen LogP contribution in [0.5, 0.6) is 5.75 Å². The van der Waals surface area contributed by atoms with Crippen LogP contribution in [0.1, 0.15) is 16.1 Å². The fourth-order valence-electron chi connectivity index (χ4n) is 2.64. The number of amides is 1. The van der Waals surface area contributed by atoms with E-state index >= 15 is 0 Å². The smallest absolute Gasteiger partial charge is 0.259 e. The number of aromatic nitrogens is 2. The van der Waals surface area contributed by atoms with Crippen molar-refractivity contribution in [2.45, 2.75) is 6.61 Å². The molecule has 8 heteroatoms. The molecule has 0 fully saturated rings. The van der Waals surface area contributed by atoms with Gasteiger partial charge in [0.1, 0.15) is 12.4 Å². The monoisotopic (exact) mass is 411 g/mol. The molecule has 4 rings (SSSR count). The van der Waals surface area contributed by atoms with Crippen molar-refractivity contribution in [3.05, 3.63) is 92.8 Å². The van der Waals surface area contributed by atoms with Crippen LogP contribution in [0.15, 0.2) is 71.0 Å². The number of rotatable bonds is 5. The number of thiazole rings is 1. The Kier molecular flexibility index (Phi) is 5.10. The van der Waals surface area contributed by atoms with Crippen LogP contribution in [-0.4, -0.2) is 15.3 Å². The predicted molar refractivity (Wildman–Crippen MR) is 110 cm³/mol. The van der Waals surface area contributed by atoms with Crippen molar-refractivity contribution in [2.24, 2.45) is 0 Å². The third-order valence-corrected chi connectivity index (χ3v) is 4.94. The standard InChI is InChI=1S/C20H14ClN3O3S/c21-13-6-7-17(16(10-13)19(26)22-14-4-2-1-3-5-14)27-12-15-11-18(25)24-8-9-28-20(24)23-15/h1-11H,12H2,(H,22,26). The average Bonchev–Trinajstić information content (AvgIpc) is 3.17. The van der Waals surface area contributed by atoms with Gasteiger partial charge in [-0.3, -0.25) is 14.0 Å². The SMILES string of the molecule is O=C(Nc1ccccc1)c1cc(Cl)ccc1OCc1cc(=O)n2ccsc2n1. The van der Waals surface area contributed by atoms with Crippen molar-refractivity contribution in [3.8, 4) is 5.75 Å². The number of hydrogen-bond donors (Lipinski definition) is 1. The molecular formula is C20H14ClN3O3S. The second-order valence-corrected chi connectivity index (χ2v) is 7.20. The number of para-hydroxylation sites is 1. The van der Waals surface area contributed by atoms with Crippen LogP contribution in [0.4, 0.5) is 5.69 Å². The summed E-state index contributed by atoms with van der Waals surface area (Å²) >= 11 is 7.43. The number of fused-ring (bicyclic) bond motifs is 1. The van der Waals surface area contributed by atoms with Gasteiger partial charge in [-0.2, -0.15) is 0 Å². The van der Waals surface area contributed by atoms with E-state index in [4.69, 9.17) is 16.3 Å². The summed E-state index contributed by atoms with van der Waals surface area (Å²) in [5, 5.41) is 5.02. The molecule has 0 saturated carbocycles. The first kappa shape index (κ1) is 18.2. The third-order valence-electron chi connectivity index (χ3n) is 3.95. The van der Waals surface area contributed by atoms with Gasteiger partial charge < -0.3 is 10.1 Å². The molecule has 2 heterocycles. The Morgan fingerprint density at radius 3 is 2.82 bits per heavy atom. The van der Waals surface area contributed by atoms with Gasteiger partial charge in [-0.1, -0.05) is 29.8 Å². The maximum atomic E-state index is 12.7. The molecule has 0 atom stereocenters. The van der Waals surface area contributed by atoms with Gasteiger partial charge in [0.05, 0.1) is 11.3 Å². The predicted octanol–water partition coefficient (Wildman–Crippen LogP) is 4.24. The lowest BCUT2D eigenvalue weighted by Crippen LogP contribution is -2.16. The number of nitrogens with one attached hydrogen (secondary N) is 1. The van der Waals surface area contributed by atoms with Crippen LogP contribution in [0.25, 0.3) is 4.96 Å². The first-order valence-corrected chi connectivity index (χ1v) is 9.60. The van der Waals surface area contributed by atoms with Crippen molar-refractivity contribution >= 4 is 39.5 Å². The van der Waals surface area contributed by atoms with Crippen molar-refractivity contribution in [2.75, 3.05) is 5.32 Å². The van der Waals surface area contributed by atoms with Gasteiger partial charge in [-0.05, 0) is 30.3 Å². The molecule has 2 aromatic heterocycles. The van der Waals surface area contributed by atoms with Gasteiger partial charge in [-0.25, -0.2) is 4.98 Å². The normalized spacial score (nSPS) is 10.8. The lowest BCUT2D eigenvalue weighted by atomic mass is 10.1. The van der Waals surface area contributed by atoms with Gasteiger partial charge in [0.2, 0.25) is 0 Å². The number of ether oxygens (including phenoxy) is 1. The maximum Gasteiger partial charge on any atom is 0.259 e. The van der Waals surface area contributed by atoms with E-state index in [1.54, 1.807) is 41.9 Å². The topological polar surface area (TPSA) is 72.7 Å². The minimum atomic E-state index is -0.342. The molecule has 0 bridgehead atoms. The molecule has 0 unspecified atom stereocenters.